The summed E-state index contributed by atoms with van der Waals surface area (Å²) in [6, 6.07) is 11.9. The van der Waals surface area contributed by atoms with E-state index >= 15 is 0 Å². The second kappa shape index (κ2) is 7.19. The minimum absolute atomic E-state index is 0.271. The van der Waals surface area contributed by atoms with Crippen LogP contribution in [0.15, 0.2) is 40.9 Å². The van der Waals surface area contributed by atoms with Gasteiger partial charge in [0.15, 0.2) is 0 Å². The lowest BCUT2D eigenvalue weighted by molar-refractivity contribution is 0.338. The van der Waals surface area contributed by atoms with Crippen LogP contribution in [0.3, 0.4) is 0 Å². The number of hydrogen-bond acceptors (Lipinski definition) is 2. The first-order chi connectivity index (χ1) is 10.1. The Balaban J connectivity index is 2.38. The number of methoxy groups -OCH3 is 1. The summed E-state index contributed by atoms with van der Waals surface area (Å²) < 4.78 is 11.8. The van der Waals surface area contributed by atoms with Crippen molar-refractivity contribution >= 4 is 27.5 Å². The van der Waals surface area contributed by atoms with Crippen LogP contribution in [0.1, 0.15) is 29.0 Å². The first-order valence-corrected chi connectivity index (χ1v) is 8.00. The Morgan fingerprint density at radius 3 is 2.48 bits per heavy atom. The third-order valence-electron chi connectivity index (χ3n) is 3.21. The van der Waals surface area contributed by atoms with E-state index in [1.165, 1.54) is 0 Å². The Bertz CT molecular complexity index is 628. The standard InChI is InChI=1S/C17H18BrClO2/c1-4-21-16-8-6-12(10-14(16)18)17(19)13-9-11(2)5-7-15(13)20-3/h5-10,17H,4H2,1-3H3. The number of rotatable bonds is 5. The molecule has 0 saturated carbocycles. The van der Waals surface area contributed by atoms with E-state index in [2.05, 4.69) is 22.0 Å². The summed E-state index contributed by atoms with van der Waals surface area (Å²) in [5.41, 5.74) is 3.12. The van der Waals surface area contributed by atoms with Crippen molar-refractivity contribution in [1.29, 1.82) is 0 Å². The maximum Gasteiger partial charge on any atom is 0.133 e. The fourth-order valence-electron chi connectivity index (χ4n) is 2.18. The molecule has 21 heavy (non-hydrogen) atoms. The molecule has 0 aliphatic carbocycles. The van der Waals surface area contributed by atoms with Gasteiger partial charge in [-0.15, -0.1) is 11.6 Å². The van der Waals surface area contributed by atoms with E-state index in [9.17, 15) is 0 Å². The zero-order valence-electron chi connectivity index (χ0n) is 12.3. The quantitative estimate of drug-likeness (QED) is 0.648. The van der Waals surface area contributed by atoms with Crippen LogP contribution in [0.4, 0.5) is 0 Å². The summed E-state index contributed by atoms with van der Waals surface area (Å²) >= 11 is 10.2. The van der Waals surface area contributed by atoms with Crippen molar-refractivity contribution in [3.63, 3.8) is 0 Å². The first kappa shape index (κ1) is 16.2. The molecule has 0 spiro atoms. The van der Waals surface area contributed by atoms with Crippen molar-refractivity contribution < 1.29 is 9.47 Å². The van der Waals surface area contributed by atoms with Gasteiger partial charge in [-0.1, -0.05) is 23.8 Å². The van der Waals surface area contributed by atoms with Gasteiger partial charge in [0.25, 0.3) is 0 Å². The van der Waals surface area contributed by atoms with E-state index in [1.807, 2.05) is 44.2 Å². The van der Waals surface area contributed by atoms with Crippen LogP contribution in [-0.4, -0.2) is 13.7 Å². The summed E-state index contributed by atoms with van der Waals surface area (Å²) in [4.78, 5) is 0. The van der Waals surface area contributed by atoms with Crippen molar-refractivity contribution in [2.75, 3.05) is 13.7 Å². The highest BCUT2D eigenvalue weighted by molar-refractivity contribution is 9.10. The Labute approximate surface area is 139 Å². The Morgan fingerprint density at radius 1 is 1.14 bits per heavy atom. The monoisotopic (exact) mass is 368 g/mol. The topological polar surface area (TPSA) is 18.5 Å². The fraction of sp³-hybridized carbons (Fsp3) is 0.294. The number of halogens is 2. The molecule has 0 aromatic heterocycles. The summed E-state index contributed by atoms with van der Waals surface area (Å²) in [6.07, 6.45) is 0. The normalized spacial score (nSPS) is 12.0. The highest BCUT2D eigenvalue weighted by Crippen LogP contribution is 2.38. The van der Waals surface area contributed by atoms with E-state index in [0.717, 1.165) is 32.7 Å². The predicted octanol–water partition coefficient (Wildman–Crippen LogP) is 5.49. The summed E-state index contributed by atoms with van der Waals surface area (Å²) in [6.45, 7) is 4.64. The van der Waals surface area contributed by atoms with Crippen LogP contribution >= 0.6 is 27.5 Å². The molecule has 1 atom stereocenters. The predicted molar refractivity (Wildman–Crippen MR) is 90.7 cm³/mol. The molecule has 0 heterocycles. The van der Waals surface area contributed by atoms with Crippen molar-refractivity contribution in [3.8, 4) is 11.5 Å². The summed E-state index contributed by atoms with van der Waals surface area (Å²) in [7, 11) is 1.66. The molecule has 0 aliphatic heterocycles. The Morgan fingerprint density at radius 2 is 1.86 bits per heavy atom. The maximum atomic E-state index is 6.65. The molecule has 0 saturated heterocycles. The minimum atomic E-state index is -0.271. The molecule has 2 nitrogen and oxygen atoms in total. The Hall–Kier alpha value is -1.19. The van der Waals surface area contributed by atoms with Crippen molar-refractivity contribution in [1.82, 2.24) is 0 Å². The number of alkyl halides is 1. The zero-order valence-corrected chi connectivity index (χ0v) is 14.7. The third kappa shape index (κ3) is 3.72. The molecule has 0 fully saturated rings. The lowest BCUT2D eigenvalue weighted by Crippen LogP contribution is -1.99. The molecule has 2 rings (SSSR count). The molecular weight excluding hydrogens is 352 g/mol. The maximum absolute atomic E-state index is 6.65. The smallest absolute Gasteiger partial charge is 0.133 e. The number of ether oxygens (including phenoxy) is 2. The van der Waals surface area contributed by atoms with Gasteiger partial charge in [-0.2, -0.15) is 0 Å². The van der Waals surface area contributed by atoms with Crippen molar-refractivity contribution in [2.45, 2.75) is 19.2 Å². The van der Waals surface area contributed by atoms with Crippen LogP contribution in [0.5, 0.6) is 11.5 Å². The van der Waals surface area contributed by atoms with Gasteiger partial charge in [0, 0.05) is 5.56 Å². The zero-order chi connectivity index (χ0) is 15.4. The van der Waals surface area contributed by atoms with Gasteiger partial charge < -0.3 is 9.47 Å². The van der Waals surface area contributed by atoms with Gasteiger partial charge in [-0.25, -0.2) is 0 Å². The van der Waals surface area contributed by atoms with Crippen LogP contribution in [-0.2, 0) is 0 Å². The van der Waals surface area contributed by atoms with Gasteiger partial charge >= 0.3 is 0 Å². The van der Waals surface area contributed by atoms with Gasteiger partial charge in [0.1, 0.15) is 11.5 Å². The van der Waals surface area contributed by atoms with Crippen LogP contribution < -0.4 is 9.47 Å². The fourth-order valence-corrected chi connectivity index (χ4v) is 3.00. The number of aryl methyl sites for hydroxylation is 1. The molecule has 2 aromatic rings. The van der Waals surface area contributed by atoms with Crippen LogP contribution in [0, 0.1) is 6.92 Å². The molecule has 0 N–H and O–H groups in total. The van der Waals surface area contributed by atoms with Crippen LogP contribution in [0.25, 0.3) is 0 Å². The second-order valence-electron chi connectivity index (χ2n) is 4.73. The number of hydrogen-bond donors (Lipinski definition) is 0. The van der Waals surface area contributed by atoms with E-state index in [0.29, 0.717) is 6.61 Å². The van der Waals surface area contributed by atoms with Gasteiger partial charge in [0.2, 0.25) is 0 Å². The highest BCUT2D eigenvalue weighted by atomic mass is 79.9. The lowest BCUT2D eigenvalue weighted by atomic mass is 10.0. The van der Waals surface area contributed by atoms with Crippen molar-refractivity contribution in [3.05, 3.63) is 57.6 Å². The SMILES string of the molecule is CCOc1ccc(C(Cl)c2cc(C)ccc2OC)cc1Br. The second-order valence-corrected chi connectivity index (χ2v) is 6.02. The lowest BCUT2D eigenvalue weighted by Gasteiger charge is -2.16. The van der Waals surface area contributed by atoms with E-state index in [1.54, 1.807) is 7.11 Å². The van der Waals surface area contributed by atoms with Crippen molar-refractivity contribution in [2.24, 2.45) is 0 Å². The Kier molecular flexibility index (Phi) is 5.54. The molecule has 1 unspecified atom stereocenters. The molecule has 0 bridgehead atoms. The highest BCUT2D eigenvalue weighted by Gasteiger charge is 2.17. The molecule has 0 aliphatic rings. The van der Waals surface area contributed by atoms with Gasteiger partial charge in [-0.3, -0.25) is 0 Å². The number of benzene rings is 2. The average Bonchev–Trinajstić information content (AvgIpc) is 2.48. The molecule has 0 amide bonds. The largest absolute Gasteiger partial charge is 0.496 e. The summed E-state index contributed by atoms with van der Waals surface area (Å²) in [5.74, 6) is 1.62. The molecule has 0 radical (unpaired) electrons. The van der Waals surface area contributed by atoms with Gasteiger partial charge in [-0.05, 0) is 53.5 Å². The molecular formula is C17H18BrClO2. The van der Waals surface area contributed by atoms with E-state index < -0.39 is 0 Å². The first-order valence-electron chi connectivity index (χ1n) is 6.77. The van der Waals surface area contributed by atoms with Crippen LogP contribution in [0.2, 0.25) is 0 Å². The minimum Gasteiger partial charge on any atom is -0.496 e. The van der Waals surface area contributed by atoms with Gasteiger partial charge in [0.05, 0.1) is 23.6 Å². The third-order valence-corrected chi connectivity index (χ3v) is 4.31. The average molecular weight is 370 g/mol. The molecule has 112 valence electrons. The summed E-state index contributed by atoms with van der Waals surface area (Å²) in [5, 5.41) is -0.271. The van der Waals surface area contributed by atoms with E-state index in [4.69, 9.17) is 21.1 Å². The molecule has 4 heteroatoms. The van der Waals surface area contributed by atoms with E-state index in [-0.39, 0.29) is 5.38 Å². The molecule has 2 aromatic carbocycles.